The molecule has 1 fully saturated rings. The van der Waals surface area contributed by atoms with Crippen LogP contribution in [0.4, 0.5) is 22.2 Å². The minimum atomic E-state index is -0.117. The van der Waals surface area contributed by atoms with Crippen molar-refractivity contribution in [3.05, 3.63) is 40.1 Å². The molecule has 0 aliphatic heterocycles. The zero-order valence-electron chi connectivity index (χ0n) is 21.4. The van der Waals surface area contributed by atoms with E-state index >= 15 is 0 Å². The Kier molecular flexibility index (Phi) is 7.59. The van der Waals surface area contributed by atoms with Crippen molar-refractivity contribution < 1.29 is 4.79 Å². The zero-order valence-corrected chi connectivity index (χ0v) is 21.4. The van der Waals surface area contributed by atoms with Gasteiger partial charge in [-0.05, 0) is 89.2 Å². The predicted octanol–water partition coefficient (Wildman–Crippen LogP) is 5.14. The fraction of sp³-hybridized carbons (Fsp3) is 0.593. The summed E-state index contributed by atoms with van der Waals surface area (Å²) in [6.07, 6.45) is 8.89. The minimum Gasteiger partial charge on any atom is -0.362 e. The number of urea groups is 1. The molecule has 7 heteroatoms. The van der Waals surface area contributed by atoms with Gasteiger partial charge in [0.05, 0.1) is 5.69 Å². The Bertz CT molecular complexity index is 1000. The number of aryl methyl sites for hydroxylation is 4. The minimum absolute atomic E-state index is 0.117. The van der Waals surface area contributed by atoms with E-state index in [1.165, 1.54) is 29.7 Å². The molecule has 1 aromatic heterocycles. The second-order valence-electron chi connectivity index (χ2n) is 10.4. The topological polar surface area (TPSA) is 82.2 Å². The van der Waals surface area contributed by atoms with Crippen molar-refractivity contribution in [2.45, 2.75) is 78.2 Å². The lowest BCUT2D eigenvalue weighted by molar-refractivity contribution is 0.246. The van der Waals surface area contributed by atoms with Crippen LogP contribution in [0, 0.1) is 26.7 Å². The number of benzene rings is 1. The standard InChI is InChI=1S/C27H40N6O/c1-17-14-18(2)24(19(3)15-17)31-27(34)28-16-20-10-12-21(13-11-20)29-26-30-23-9-7-6-8-22(23)25(32-26)33(4)5/h14-15,20-21H,6-13,16H2,1-5H3,(H2,28,31,34)(H,29,30,32)/t20-,21+. The number of carbonyl (C=O) groups excluding carboxylic acids is 1. The number of anilines is 3. The number of nitrogens with zero attached hydrogens (tertiary/aromatic N) is 3. The van der Waals surface area contributed by atoms with Gasteiger partial charge >= 0.3 is 6.03 Å². The molecular formula is C27H40N6O. The van der Waals surface area contributed by atoms with Crippen molar-refractivity contribution in [1.82, 2.24) is 15.3 Å². The maximum absolute atomic E-state index is 12.5. The highest BCUT2D eigenvalue weighted by Crippen LogP contribution is 2.30. The van der Waals surface area contributed by atoms with Crippen LogP contribution in [-0.4, -0.2) is 42.7 Å². The number of hydrogen-bond acceptors (Lipinski definition) is 5. The molecule has 0 spiro atoms. The van der Waals surface area contributed by atoms with Gasteiger partial charge in [-0.1, -0.05) is 17.7 Å². The Balaban J connectivity index is 1.26. The summed E-state index contributed by atoms with van der Waals surface area (Å²) in [5.74, 6) is 2.34. The summed E-state index contributed by atoms with van der Waals surface area (Å²) < 4.78 is 0. The van der Waals surface area contributed by atoms with Gasteiger partial charge in [0, 0.05) is 37.9 Å². The van der Waals surface area contributed by atoms with Gasteiger partial charge in [0.2, 0.25) is 5.95 Å². The summed E-state index contributed by atoms with van der Waals surface area (Å²) in [6.45, 7) is 6.87. The molecule has 184 valence electrons. The third-order valence-corrected chi connectivity index (χ3v) is 7.23. The van der Waals surface area contributed by atoms with Crippen molar-refractivity contribution in [1.29, 1.82) is 0 Å². The average Bonchev–Trinajstić information content (AvgIpc) is 2.80. The van der Waals surface area contributed by atoms with E-state index in [4.69, 9.17) is 9.97 Å². The molecule has 0 saturated heterocycles. The van der Waals surface area contributed by atoms with Gasteiger partial charge in [0.1, 0.15) is 5.82 Å². The van der Waals surface area contributed by atoms with E-state index in [1.807, 2.05) is 13.8 Å². The summed E-state index contributed by atoms with van der Waals surface area (Å²) in [4.78, 5) is 24.3. The number of nitrogens with one attached hydrogen (secondary N) is 3. The summed E-state index contributed by atoms with van der Waals surface area (Å²) in [7, 11) is 4.13. The second kappa shape index (κ2) is 10.6. The Morgan fingerprint density at radius 2 is 1.68 bits per heavy atom. The van der Waals surface area contributed by atoms with Crippen molar-refractivity contribution in [3.8, 4) is 0 Å². The average molecular weight is 465 g/mol. The lowest BCUT2D eigenvalue weighted by atomic mass is 9.86. The van der Waals surface area contributed by atoms with E-state index in [2.05, 4.69) is 54.0 Å². The molecule has 0 unspecified atom stereocenters. The summed E-state index contributed by atoms with van der Waals surface area (Å²) in [5, 5.41) is 9.74. The normalized spacial score (nSPS) is 19.8. The Hall–Kier alpha value is -2.83. The van der Waals surface area contributed by atoms with Gasteiger partial charge in [0.15, 0.2) is 0 Å². The van der Waals surface area contributed by atoms with Crippen LogP contribution in [0.2, 0.25) is 0 Å². The van der Waals surface area contributed by atoms with E-state index in [9.17, 15) is 4.79 Å². The quantitative estimate of drug-likeness (QED) is 0.551. The highest BCUT2D eigenvalue weighted by Gasteiger charge is 2.24. The lowest BCUT2D eigenvalue weighted by Crippen LogP contribution is -2.36. The number of amides is 2. The van der Waals surface area contributed by atoms with Crippen molar-refractivity contribution in [2.24, 2.45) is 5.92 Å². The van der Waals surface area contributed by atoms with E-state index in [-0.39, 0.29) is 6.03 Å². The Morgan fingerprint density at radius 3 is 2.35 bits per heavy atom. The van der Waals surface area contributed by atoms with Crippen molar-refractivity contribution in [2.75, 3.05) is 36.2 Å². The molecule has 1 heterocycles. The molecule has 0 bridgehead atoms. The maximum Gasteiger partial charge on any atom is 0.319 e. The first kappa shape index (κ1) is 24.3. The third-order valence-electron chi connectivity index (χ3n) is 7.23. The zero-order chi connectivity index (χ0) is 24.2. The molecule has 2 aliphatic carbocycles. The van der Waals surface area contributed by atoms with Crippen LogP contribution < -0.4 is 20.9 Å². The molecule has 0 radical (unpaired) electrons. The smallest absolute Gasteiger partial charge is 0.319 e. The second-order valence-corrected chi connectivity index (χ2v) is 10.4. The van der Waals surface area contributed by atoms with Gasteiger partial charge in [0.25, 0.3) is 0 Å². The fourth-order valence-corrected chi connectivity index (χ4v) is 5.47. The molecule has 2 amide bonds. The first-order chi connectivity index (χ1) is 16.3. The van der Waals surface area contributed by atoms with Crippen LogP contribution in [0.15, 0.2) is 12.1 Å². The van der Waals surface area contributed by atoms with E-state index in [1.54, 1.807) is 0 Å². The van der Waals surface area contributed by atoms with Crippen LogP contribution in [0.5, 0.6) is 0 Å². The lowest BCUT2D eigenvalue weighted by Gasteiger charge is -2.30. The van der Waals surface area contributed by atoms with E-state index in [0.717, 1.165) is 67.1 Å². The largest absolute Gasteiger partial charge is 0.362 e. The molecule has 34 heavy (non-hydrogen) atoms. The maximum atomic E-state index is 12.5. The predicted molar refractivity (Wildman–Crippen MR) is 140 cm³/mol. The van der Waals surface area contributed by atoms with E-state index in [0.29, 0.717) is 18.5 Å². The van der Waals surface area contributed by atoms with E-state index < -0.39 is 0 Å². The number of aromatic nitrogens is 2. The molecule has 2 aromatic rings. The van der Waals surface area contributed by atoms with Crippen LogP contribution in [0.25, 0.3) is 0 Å². The molecule has 1 saturated carbocycles. The monoisotopic (exact) mass is 464 g/mol. The SMILES string of the molecule is Cc1cc(C)c(NC(=O)NC[C@H]2CC[C@@H](Nc3nc4c(c(N(C)C)n3)CCCC4)CC2)c(C)c1. The van der Waals surface area contributed by atoms with Crippen LogP contribution in [0.3, 0.4) is 0 Å². The Morgan fingerprint density at radius 1 is 1.00 bits per heavy atom. The molecule has 2 aliphatic rings. The molecule has 4 rings (SSSR count). The van der Waals surface area contributed by atoms with Gasteiger partial charge in [-0.15, -0.1) is 0 Å². The highest BCUT2D eigenvalue weighted by molar-refractivity contribution is 5.91. The van der Waals surface area contributed by atoms with Gasteiger partial charge in [-0.3, -0.25) is 0 Å². The van der Waals surface area contributed by atoms with Crippen LogP contribution in [0.1, 0.15) is 66.5 Å². The highest BCUT2D eigenvalue weighted by atomic mass is 16.2. The number of rotatable bonds is 6. The number of hydrogen-bond donors (Lipinski definition) is 3. The van der Waals surface area contributed by atoms with Crippen molar-refractivity contribution >= 4 is 23.5 Å². The molecule has 0 atom stereocenters. The molecular weight excluding hydrogens is 424 g/mol. The molecule has 3 N–H and O–H groups in total. The van der Waals surface area contributed by atoms with Crippen molar-refractivity contribution in [3.63, 3.8) is 0 Å². The van der Waals surface area contributed by atoms with Gasteiger partial charge in [-0.25, -0.2) is 9.78 Å². The van der Waals surface area contributed by atoms with Crippen LogP contribution >= 0.6 is 0 Å². The molecule has 1 aromatic carbocycles. The Labute approximate surface area is 204 Å². The molecule has 7 nitrogen and oxygen atoms in total. The first-order valence-electron chi connectivity index (χ1n) is 12.8. The number of fused-ring (bicyclic) bond motifs is 1. The summed E-state index contributed by atoms with van der Waals surface area (Å²) in [5.41, 5.74) is 6.87. The first-order valence-corrected chi connectivity index (χ1v) is 12.8. The summed E-state index contributed by atoms with van der Waals surface area (Å²) in [6, 6.07) is 4.48. The fourth-order valence-electron chi connectivity index (χ4n) is 5.47. The third kappa shape index (κ3) is 5.80. The van der Waals surface area contributed by atoms with Gasteiger partial charge < -0.3 is 20.9 Å². The summed E-state index contributed by atoms with van der Waals surface area (Å²) >= 11 is 0. The van der Waals surface area contributed by atoms with Gasteiger partial charge in [-0.2, -0.15) is 4.98 Å². The number of carbonyl (C=O) groups is 1. The van der Waals surface area contributed by atoms with Crippen LogP contribution in [-0.2, 0) is 12.8 Å².